The first-order valence-corrected chi connectivity index (χ1v) is 9.96. The van der Waals surface area contributed by atoms with E-state index in [1.807, 2.05) is 0 Å². The summed E-state index contributed by atoms with van der Waals surface area (Å²) in [6, 6.07) is 4.69. The average Bonchev–Trinajstić information content (AvgIpc) is 3.07. The van der Waals surface area contributed by atoms with E-state index in [2.05, 4.69) is 10.3 Å². The van der Waals surface area contributed by atoms with Crippen LogP contribution in [0.1, 0.15) is 32.5 Å². The monoisotopic (exact) mass is 427 g/mol. The lowest BCUT2D eigenvalue weighted by Crippen LogP contribution is -2.26. The number of hydrogen-bond acceptors (Lipinski definition) is 8. The van der Waals surface area contributed by atoms with Crippen molar-refractivity contribution in [3.05, 3.63) is 50.9 Å². The van der Waals surface area contributed by atoms with Gasteiger partial charge >= 0.3 is 5.97 Å². The van der Waals surface area contributed by atoms with E-state index in [0.717, 1.165) is 11.3 Å². The van der Waals surface area contributed by atoms with Crippen LogP contribution in [0.25, 0.3) is 10.2 Å². The van der Waals surface area contributed by atoms with Gasteiger partial charge in [0.2, 0.25) is 0 Å². The third-order valence-corrected chi connectivity index (χ3v) is 5.81. The Balaban J connectivity index is 1.65. The zero-order chi connectivity index (χ0) is 21.4. The van der Waals surface area contributed by atoms with Crippen molar-refractivity contribution in [3.8, 4) is 5.75 Å². The van der Waals surface area contributed by atoms with Crippen LogP contribution in [0.5, 0.6) is 5.75 Å². The number of nitrogens with one attached hydrogen (secondary N) is 1. The van der Waals surface area contributed by atoms with Crippen molar-refractivity contribution in [3.63, 3.8) is 0 Å². The van der Waals surface area contributed by atoms with Crippen LogP contribution < -0.4 is 15.6 Å². The maximum atomic E-state index is 12.9. The minimum atomic E-state index is -0.502. The van der Waals surface area contributed by atoms with Crippen molar-refractivity contribution in [1.82, 2.24) is 9.55 Å². The molecule has 4 rings (SSSR count). The molecule has 1 aromatic carbocycles. The number of fused-ring (bicyclic) bond motifs is 2. The Labute approximate surface area is 174 Å². The molecule has 0 bridgehead atoms. The molecule has 0 spiro atoms. The molecule has 3 aromatic rings. The zero-order valence-corrected chi connectivity index (χ0v) is 17.0. The van der Waals surface area contributed by atoms with E-state index in [9.17, 15) is 19.2 Å². The van der Waals surface area contributed by atoms with Crippen LogP contribution in [0.3, 0.4) is 0 Å². The standard InChI is InChI=1S/C20H17N3O6S/c1-3-28-20(27)17-10(2)16-18(30-17)21-9-23(19(16)26)7-13(24)11-4-5-14-12(6-11)22-15(25)8-29-14/h4-6,9H,3,7-8H2,1-2H3,(H,22,25). The number of hydrogen-bond donors (Lipinski definition) is 1. The smallest absolute Gasteiger partial charge is 0.348 e. The molecule has 1 amide bonds. The largest absolute Gasteiger partial charge is 0.482 e. The zero-order valence-electron chi connectivity index (χ0n) is 16.2. The Morgan fingerprint density at radius 3 is 2.90 bits per heavy atom. The van der Waals surface area contributed by atoms with E-state index in [1.54, 1.807) is 26.0 Å². The number of carbonyl (C=O) groups excluding carboxylic acids is 3. The molecule has 10 heteroatoms. The second-order valence-corrected chi connectivity index (χ2v) is 7.60. The van der Waals surface area contributed by atoms with Crippen molar-refractivity contribution in [2.45, 2.75) is 20.4 Å². The highest BCUT2D eigenvalue weighted by molar-refractivity contribution is 7.20. The highest BCUT2D eigenvalue weighted by atomic mass is 32.1. The van der Waals surface area contributed by atoms with E-state index in [4.69, 9.17) is 9.47 Å². The first-order chi connectivity index (χ1) is 14.4. The maximum Gasteiger partial charge on any atom is 0.348 e. The fourth-order valence-corrected chi connectivity index (χ4v) is 4.20. The summed E-state index contributed by atoms with van der Waals surface area (Å²) >= 11 is 1.09. The van der Waals surface area contributed by atoms with Crippen LogP contribution in [-0.4, -0.2) is 40.4 Å². The number of esters is 1. The molecule has 0 atom stereocenters. The maximum absolute atomic E-state index is 12.9. The number of anilines is 1. The van der Waals surface area contributed by atoms with E-state index in [-0.39, 0.29) is 31.4 Å². The highest BCUT2D eigenvalue weighted by Crippen LogP contribution is 2.29. The van der Waals surface area contributed by atoms with Gasteiger partial charge in [-0.1, -0.05) is 0 Å². The number of Topliss-reactive ketones (excluding diaryl/α,β-unsaturated/α-hetero) is 1. The quantitative estimate of drug-likeness (QED) is 0.490. The Bertz CT molecular complexity index is 1260. The number of rotatable bonds is 5. The van der Waals surface area contributed by atoms with Gasteiger partial charge in [0.1, 0.15) is 15.5 Å². The second-order valence-electron chi connectivity index (χ2n) is 6.61. The summed E-state index contributed by atoms with van der Waals surface area (Å²) in [5.74, 6) is -0.659. The molecule has 0 saturated carbocycles. The summed E-state index contributed by atoms with van der Waals surface area (Å²) in [7, 11) is 0. The number of ketones is 1. The first kappa shape index (κ1) is 19.8. The van der Waals surface area contributed by atoms with Gasteiger partial charge < -0.3 is 14.8 Å². The lowest BCUT2D eigenvalue weighted by molar-refractivity contribution is -0.118. The first-order valence-electron chi connectivity index (χ1n) is 9.14. The van der Waals surface area contributed by atoms with Gasteiger partial charge in [0.25, 0.3) is 11.5 Å². The molecule has 9 nitrogen and oxygen atoms in total. The highest BCUT2D eigenvalue weighted by Gasteiger charge is 2.22. The molecule has 0 unspecified atom stereocenters. The number of thiophene rings is 1. The fourth-order valence-electron chi connectivity index (χ4n) is 3.17. The molecular formula is C20H17N3O6S. The number of nitrogens with zero attached hydrogens (tertiary/aromatic N) is 2. The summed E-state index contributed by atoms with van der Waals surface area (Å²) < 4.78 is 11.5. The van der Waals surface area contributed by atoms with Crippen molar-refractivity contribution in [1.29, 1.82) is 0 Å². The van der Waals surface area contributed by atoms with Crippen LogP contribution in [0.2, 0.25) is 0 Å². The molecule has 3 heterocycles. The summed E-state index contributed by atoms with van der Waals surface area (Å²) in [5.41, 5.74) is 0.806. The van der Waals surface area contributed by atoms with Gasteiger partial charge in [0.15, 0.2) is 12.4 Å². The van der Waals surface area contributed by atoms with Gasteiger partial charge in [-0.3, -0.25) is 19.0 Å². The molecule has 0 radical (unpaired) electrons. The van der Waals surface area contributed by atoms with Gasteiger partial charge in [-0.05, 0) is 37.6 Å². The van der Waals surface area contributed by atoms with E-state index in [1.165, 1.54) is 17.0 Å². The van der Waals surface area contributed by atoms with Crippen LogP contribution in [0.4, 0.5) is 5.69 Å². The van der Waals surface area contributed by atoms with Crippen LogP contribution in [0.15, 0.2) is 29.3 Å². The van der Waals surface area contributed by atoms with Crippen molar-refractivity contribution in [2.24, 2.45) is 0 Å². The molecule has 1 aliphatic rings. The van der Waals surface area contributed by atoms with Crippen LogP contribution in [-0.2, 0) is 16.1 Å². The summed E-state index contributed by atoms with van der Waals surface area (Å²) in [4.78, 5) is 54.2. The summed E-state index contributed by atoms with van der Waals surface area (Å²) in [6.07, 6.45) is 1.29. The van der Waals surface area contributed by atoms with Gasteiger partial charge in [-0.15, -0.1) is 11.3 Å². The number of aryl methyl sites for hydroxylation is 1. The molecule has 1 aliphatic heterocycles. The molecule has 0 fully saturated rings. The van der Waals surface area contributed by atoms with Crippen molar-refractivity contribution in [2.75, 3.05) is 18.5 Å². The molecule has 30 heavy (non-hydrogen) atoms. The average molecular weight is 427 g/mol. The minimum absolute atomic E-state index is 0.0743. The topological polar surface area (TPSA) is 117 Å². The Morgan fingerprint density at radius 1 is 1.33 bits per heavy atom. The normalized spacial score (nSPS) is 12.8. The predicted octanol–water partition coefficient (Wildman–Crippen LogP) is 2.16. The number of benzene rings is 1. The van der Waals surface area contributed by atoms with Gasteiger partial charge in [-0.25, -0.2) is 9.78 Å². The van der Waals surface area contributed by atoms with Crippen molar-refractivity contribution >= 4 is 44.9 Å². The second kappa shape index (κ2) is 7.71. The molecule has 1 N–H and O–H groups in total. The molecule has 2 aromatic heterocycles. The van der Waals surface area contributed by atoms with Gasteiger partial charge in [0, 0.05) is 5.56 Å². The van der Waals surface area contributed by atoms with E-state index >= 15 is 0 Å². The third-order valence-electron chi connectivity index (χ3n) is 4.63. The minimum Gasteiger partial charge on any atom is -0.482 e. The molecule has 0 saturated heterocycles. The number of amides is 1. The summed E-state index contributed by atoms with van der Waals surface area (Å²) in [5, 5.41) is 2.94. The fraction of sp³-hybridized carbons (Fsp3) is 0.250. The van der Waals surface area contributed by atoms with E-state index < -0.39 is 11.5 Å². The SMILES string of the molecule is CCOC(=O)c1sc2ncn(CC(=O)c3ccc4c(c3)NC(=O)CO4)c(=O)c2c1C. The number of carbonyl (C=O) groups is 3. The van der Waals surface area contributed by atoms with Gasteiger partial charge in [-0.2, -0.15) is 0 Å². The van der Waals surface area contributed by atoms with Crippen LogP contribution in [0, 0.1) is 6.92 Å². The van der Waals surface area contributed by atoms with Crippen LogP contribution >= 0.6 is 11.3 Å². The Hall–Kier alpha value is -3.53. The molecule has 0 aliphatic carbocycles. The number of ether oxygens (including phenoxy) is 2. The van der Waals surface area contributed by atoms with E-state index in [0.29, 0.717) is 37.7 Å². The molecule has 154 valence electrons. The molecular weight excluding hydrogens is 410 g/mol. The van der Waals surface area contributed by atoms with Gasteiger partial charge in [0.05, 0.1) is 30.6 Å². The Kier molecular flexibility index (Phi) is 5.08. The predicted molar refractivity (Wildman–Crippen MR) is 109 cm³/mol. The number of aromatic nitrogens is 2. The summed E-state index contributed by atoms with van der Waals surface area (Å²) in [6.45, 7) is 3.28. The Morgan fingerprint density at radius 2 is 2.13 bits per heavy atom. The van der Waals surface area contributed by atoms with Crippen molar-refractivity contribution < 1.29 is 23.9 Å². The lowest BCUT2D eigenvalue weighted by Gasteiger charge is -2.18. The lowest BCUT2D eigenvalue weighted by atomic mass is 10.1. The third kappa shape index (κ3) is 3.45.